The van der Waals surface area contributed by atoms with Crippen molar-refractivity contribution in [2.75, 3.05) is 18.2 Å². The van der Waals surface area contributed by atoms with Crippen LogP contribution in [0.1, 0.15) is 12.0 Å². The van der Waals surface area contributed by atoms with Gasteiger partial charge in [-0.1, -0.05) is 42.5 Å². The minimum absolute atomic E-state index is 0.139. The molecule has 2 heterocycles. The molecule has 0 radical (unpaired) electrons. The largest absolute Gasteiger partial charge is 0.445 e. The Labute approximate surface area is 155 Å². The zero-order valence-electron chi connectivity index (χ0n) is 13.5. The van der Waals surface area contributed by atoms with Crippen LogP contribution in [0.15, 0.2) is 30.3 Å². The number of benzene rings is 1. The second-order valence-corrected chi connectivity index (χ2v) is 7.39. The number of aldehydes is 1. The first-order valence-electron chi connectivity index (χ1n) is 7.95. The topological polar surface area (TPSA) is 66.9 Å². The number of nitrogens with zero attached hydrogens (tertiary/aromatic N) is 2. The Bertz CT molecular complexity index is 682. The van der Waals surface area contributed by atoms with Crippen molar-refractivity contribution in [1.82, 2.24) is 9.80 Å². The van der Waals surface area contributed by atoms with E-state index >= 15 is 0 Å². The normalized spacial score (nSPS) is 23.0. The lowest BCUT2D eigenvalue weighted by Crippen LogP contribution is -2.52. The number of hydrogen-bond donors (Lipinski definition) is 0. The van der Waals surface area contributed by atoms with Gasteiger partial charge in [-0.05, 0) is 12.0 Å². The molecule has 8 heteroatoms. The lowest BCUT2D eigenvalue weighted by molar-refractivity contribution is -0.136. The zero-order chi connectivity index (χ0) is 17.8. The van der Waals surface area contributed by atoms with Crippen LogP contribution in [0.2, 0.25) is 0 Å². The fourth-order valence-electron chi connectivity index (χ4n) is 2.89. The Balaban J connectivity index is 1.67. The lowest BCUT2D eigenvalue weighted by Gasteiger charge is -2.28. The number of amides is 2. The van der Waals surface area contributed by atoms with Gasteiger partial charge in [0.15, 0.2) is 0 Å². The van der Waals surface area contributed by atoms with Crippen molar-refractivity contribution >= 4 is 47.1 Å². The molecule has 2 fully saturated rings. The van der Waals surface area contributed by atoms with Crippen LogP contribution in [-0.4, -0.2) is 63.2 Å². The zero-order valence-corrected chi connectivity index (χ0v) is 15.1. The number of carbonyl (C=O) groups is 3. The van der Waals surface area contributed by atoms with Crippen LogP contribution < -0.4 is 0 Å². The van der Waals surface area contributed by atoms with Crippen molar-refractivity contribution in [3.63, 3.8) is 0 Å². The minimum atomic E-state index is -0.820. The van der Waals surface area contributed by atoms with Crippen molar-refractivity contribution in [2.45, 2.75) is 25.1 Å². The Morgan fingerprint density at radius 2 is 2.04 bits per heavy atom. The highest BCUT2D eigenvalue weighted by Gasteiger charge is 2.43. The van der Waals surface area contributed by atoms with Crippen LogP contribution in [0.4, 0.5) is 4.79 Å². The van der Waals surface area contributed by atoms with E-state index < -0.39 is 18.2 Å². The molecule has 2 amide bonds. The molecule has 0 spiro atoms. The highest BCUT2D eigenvalue weighted by atomic mass is 32.2. The van der Waals surface area contributed by atoms with Gasteiger partial charge < -0.3 is 14.4 Å². The first-order chi connectivity index (χ1) is 12.1. The number of carbonyl (C=O) groups excluding carboxylic acids is 3. The lowest BCUT2D eigenvalue weighted by atomic mass is 10.1. The van der Waals surface area contributed by atoms with Crippen molar-refractivity contribution in [3.8, 4) is 0 Å². The van der Waals surface area contributed by atoms with Gasteiger partial charge in [-0.3, -0.25) is 9.69 Å². The summed E-state index contributed by atoms with van der Waals surface area (Å²) in [6.45, 7) is 0.496. The first kappa shape index (κ1) is 17.9. The molecule has 1 aromatic rings. The van der Waals surface area contributed by atoms with Crippen molar-refractivity contribution in [2.24, 2.45) is 0 Å². The molecular weight excluding hydrogens is 360 g/mol. The molecule has 132 valence electrons. The van der Waals surface area contributed by atoms with E-state index in [9.17, 15) is 14.4 Å². The van der Waals surface area contributed by atoms with Crippen LogP contribution in [0, 0.1) is 0 Å². The Kier molecular flexibility index (Phi) is 5.70. The fraction of sp³-hybridized carbons (Fsp3) is 0.412. The van der Waals surface area contributed by atoms with Gasteiger partial charge in [-0.25, -0.2) is 4.79 Å². The molecule has 0 N–H and O–H groups in total. The van der Waals surface area contributed by atoms with E-state index in [0.29, 0.717) is 29.5 Å². The second kappa shape index (κ2) is 7.97. The second-order valence-electron chi connectivity index (χ2n) is 5.86. The molecule has 0 unspecified atom stereocenters. The maximum atomic E-state index is 12.8. The molecule has 1 aromatic carbocycles. The van der Waals surface area contributed by atoms with Crippen LogP contribution in [0.25, 0.3) is 0 Å². The number of ether oxygens (including phenoxy) is 1. The van der Waals surface area contributed by atoms with Gasteiger partial charge in [0.25, 0.3) is 5.91 Å². The van der Waals surface area contributed by atoms with Gasteiger partial charge >= 0.3 is 6.09 Å². The Morgan fingerprint density at radius 1 is 1.28 bits per heavy atom. The van der Waals surface area contributed by atoms with Gasteiger partial charge in [-0.15, -0.1) is 11.8 Å². The van der Waals surface area contributed by atoms with Gasteiger partial charge in [0.1, 0.15) is 18.9 Å². The number of thiocarbonyl (C=S) groups is 1. The summed E-state index contributed by atoms with van der Waals surface area (Å²) in [5.74, 6) is 0.725. The molecule has 0 aliphatic carbocycles. The molecule has 0 saturated carbocycles. The van der Waals surface area contributed by atoms with E-state index in [-0.39, 0.29) is 12.5 Å². The van der Waals surface area contributed by atoms with E-state index in [1.54, 1.807) is 0 Å². The van der Waals surface area contributed by atoms with Crippen molar-refractivity contribution in [1.29, 1.82) is 0 Å². The summed E-state index contributed by atoms with van der Waals surface area (Å²) < 4.78 is 5.34. The van der Waals surface area contributed by atoms with E-state index in [4.69, 9.17) is 17.0 Å². The molecule has 0 aromatic heterocycles. The average molecular weight is 378 g/mol. The highest BCUT2D eigenvalue weighted by Crippen LogP contribution is 2.25. The van der Waals surface area contributed by atoms with Crippen LogP contribution in [0.5, 0.6) is 0 Å². The smallest absolute Gasteiger partial charge is 0.411 e. The quantitative estimate of drug-likeness (QED) is 0.589. The van der Waals surface area contributed by atoms with Crippen molar-refractivity contribution in [3.05, 3.63) is 35.9 Å². The van der Waals surface area contributed by atoms with E-state index in [1.165, 1.54) is 21.6 Å². The summed E-state index contributed by atoms with van der Waals surface area (Å²) in [6.07, 6.45) is 0.698. The standard InChI is InChI=1S/C17H18N2O4S2/c20-8-13-10-25-11-19(13)16(21)15-14(24)6-7-18(15)17(22)23-9-12-4-2-1-3-5-12/h1-5,8,13,15H,6-7,9-11H2/t13-,15+/m1/s1. The number of rotatable bonds is 4. The van der Waals surface area contributed by atoms with Gasteiger partial charge in [0.2, 0.25) is 0 Å². The number of likely N-dealkylation sites (tertiary alicyclic amines) is 1. The Hall–Kier alpha value is -1.93. The van der Waals surface area contributed by atoms with E-state index in [2.05, 4.69) is 0 Å². The molecule has 2 aliphatic heterocycles. The molecule has 2 aliphatic rings. The maximum absolute atomic E-state index is 12.8. The van der Waals surface area contributed by atoms with Crippen LogP contribution in [-0.2, 0) is 20.9 Å². The molecule has 6 nitrogen and oxygen atoms in total. The van der Waals surface area contributed by atoms with Crippen LogP contribution in [0.3, 0.4) is 0 Å². The third-order valence-electron chi connectivity index (χ3n) is 4.25. The third-order valence-corrected chi connectivity index (χ3v) is 5.71. The van der Waals surface area contributed by atoms with Gasteiger partial charge in [0.05, 0.1) is 11.9 Å². The molecule has 2 saturated heterocycles. The fourth-order valence-corrected chi connectivity index (χ4v) is 4.33. The molecule has 0 bridgehead atoms. The molecule has 2 atom stereocenters. The Morgan fingerprint density at radius 3 is 2.76 bits per heavy atom. The van der Waals surface area contributed by atoms with E-state index in [1.807, 2.05) is 30.3 Å². The van der Waals surface area contributed by atoms with Crippen LogP contribution >= 0.6 is 24.0 Å². The van der Waals surface area contributed by atoms with Gasteiger partial charge in [-0.2, -0.15) is 0 Å². The summed E-state index contributed by atoms with van der Waals surface area (Å²) in [4.78, 5) is 39.8. The summed E-state index contributed by atoms with van der Waals surface area (Å²) in [6, 6.07) is 8.07. The SMILES string of the molecule is O=C[C@@H]1CSCN1C(=O)[C@@H]1C(=S)CCN1C(=O)OCc1ccccc1. The highest BCUT2D eigenvalue weighted by molar-refractivity contribution is 7.99. The summed E-state index contributed by atoms with van der Waals surface area (Å²) in [5, 5.41) is 0. The monoisotopic (exact) mass is 378 g/mol. The average Bonchev–Trinajstić information content (AvgIpc) is 3.26. The van der Waals surface area contributed by atoms with Gasteiger partial charge in [0, 0.05) is 17.2 Å². The molecule has 25 heavy (non-hydrogen) atoms. The van der Waals surface area contributed by atoms with Crippen molar-refractivity contribution < 1.29 is 19.1 Å². The summed E-state index contributed by atoms with van der Waals surface area (Å²) >= 11 is 6.83. The third kappa shape index (κ3) is 3.85. The summed E-state index contributed by atoms with van der Waals surface area (Å²) in [7, 11) is 0. The number of hydrogen-bond acceptors (Lipinski definition) is 6. The first-order valence-corrected chi connectivity index (χ1v) is 9.51. The summed E-state index contributed by atoms with van der Waals surface area (Å²) in [5.41, 5.74) is 0.873. The maximum Gasteiger partial charge on any atom is 0.411 e. The predicted octanol–water partition coefficient (Wildman–Crippen LogP) is 1.87. The predicted molar refractivity (Wildman–Crippen MR) is 98.4 cm³/mol. The minimum Gasteiger partial charge on any atom is -0.445 e. The molecular formula is C17H18N2O4S2. The number of thioether (sulfide) groups is 1. The molecule has 3 rings (SSSR count). The van der Waals surface area contributed by atoms with E-state index in [0.717, 1.165) is 11.8 Å².